The summed E-state index contributed by atoms with van der Waals surface area (Å²) in [4.78, 5) is 31.9. The molecule has 3 rings (SSSR count). The van der Waals surface area contributed by atoms with Crippen LogP contribution in [0.3, 0.4) is 0 Å². The molecule has 0 unspecified atom stereocenters. The number of nitrogens with one attached hydrogen (secondary N) is 2. The number of carbonyl (C=O) groups is 1. The molecule has 9 heteroatoms. The molecule has 1 atom stereocenters. The van der Waals surface area contributed by atoms with Gasteiger partial charge >= 0.3 is 6.09 Å². The number of imidazole rings is 1. The molecule has 2 N–H and O–H groups in total. The van der Waals surface area contributed by atoms with E-state index in [1.54, 1.807) is 6.07 Å². The van der Waals surface area contributed by atoms with Gasteiger partial charge < -0.3 is 19.9 Å². The van der Waals surface area contributed by atoms with E-state index in [4.69, 9.17) is 4.74 Å². The molecule has 0 aliphatic carbocycles. The van der Waals surface area contributed by atoms with E-state index in [1.165, 1.54) is 12.1 Å². The van der Waals surface area contributed by atoms with Gasteiger partial charge in [-0.25, -0.2) is 9.78 Å². The predicted octanol–water partition coefficient (Wildman–Crippen LogP) is 2.57. The van der Waals surface area contributed by atoms with Crippen molar-refractivity contribution in [2.24, 2.45) is 0 Å². The van der Waals surface area contributed by atoms with Crippen molar-refractivity contribution in [1.29, 1.82) is 0 Å². The van der Waals surface area contributed by atoms with Crippen LogP contribution in [0.4, 0.5) is 16.4 Å². The smallest absolute Gasteiger partial charge is 0.407 e. The van der Waals surface area contributed by atoms with Crippen LogP contribution in [0, 0.1) is 10.1 Å². The van der Waals surface area contributed by atoms with E-state index in [2.05, 4.69) is 15.3 Å². The van der Waals surface area contributed by atoms with Crippen LogP contribution >= 0.6 is 0 Å². The van der Waals surface area contributed by atoms with Gasteiger partial charge in [0, 0.05) is 25.2 Å². The van der Waals surface area contributed by atoms with Gasteiger partial charge in [0.1, 0.15) is 5.60 Å². The maximum absolute atomic E-state index is 11.9. The zero-order chi connectivity index (χ0) is 18.2. The highest BCUT2D eigenvalue weighted by atomic mass is 16.6. The SMILES string of the molecule is CC(C)(C)OC(=O)N[C@@H]1CCN(c2nc3ccc([N+](=O)[O-])cc3[nH]2)C1. The number of rotatable bonds is 3. The first kappa shape index (κ1) is 17.0. The summed E-state index contributed by atoms with van der Waals surface area (Å²) in [6, 6.07) is 4.50. The summed E-state index contributed by atoms with van der Waals surface area (Å²) in [5.41, 5.74) is 0.779. The molecule has 2 heterocycles. The molecule has 1 aromatic carbocycles. The third kappa shape index (κ3) is 3.98. The van der Waals surface area contributed by atoms with E-state index in [9.17, 15) is 14.9 Å². The van der Waals surface area contributed by atoms with Gasteiger partial charge in [-0.05, 0) is 33.3 Å². The number of alkyl carbamates (subject to hydrolysis) is 1. The number of amides is 1. The second-order valence-electron chi connectivity index (χ2n) is 7.10. The monoisotopic (exact) mass is 347 g/mol. The number of benzene rings is 1. The topological polar surface area (TPSA) is 113 Å². The molecule has 1 saturated heterocycles. The fraction of sp³-hybridized carbons (Fsp3) is 0.500. The summed E-state index contributed by atoms with van der Waals surface area (Å²) >= 11 is 0. The summed E-state index contributed by atoms with van der Waals surface area (Å²) in [5.74, 6) is 0.643. The van der Waals surface area contributed by atoms with Crippen molar-refractivity contribution >= 4 is 28.8 Å². The number of carbonyl (C=O) groups excluding carboxylic acids is 1. The first-order chi connectivity index (χ1) is 11.7. The van der Waals surface area contributed by atoms with E-state index < -0.39 is 16.6 Å². The van der Waals surface area contributed by atoms with Gasteiger partial charge in [0.15, 0.2) is 0 Å². The van der Waals surface area contributed by atoms with Gasteiger partial charge in [0.2, 0.25) is 5.95 Å². The Morgan fingerprint density at radius 2 is 2.24 bits per heavy atom. The summed E-state index contributed by atoms with van der Waals surface area (Å²) in [6.07, 6.45) is 0.343. The number of nitrogens with zero attached hydrogens (tertiary/aromatic N) is 3. The molecule has 134 valence electrons. The van der Waals surface area contributed by atoms with Crippen LogP contribution in [0.15, 0.2) is 18.2 Å². The standard InChI is InChI=1S/C16H21N5O4/c1-16(2,3)25-15(22)17-10-6-7-20(9-10)14-18-12-5-4-11(21(23)24)8-13(12)19-14/h4-5,8,10H,6-7,9H2,1-3H3,(H,17,22)(H,18,19)/t10-/m1/s1. The molecule has 0 saturated carbocycles. The van der Waals surface area contributed by atoms with Gasteiger partial charge in [-0.15, -0.1) is 0 Å². The van der Waals surface area contributed by atoms with Crippen molar-refractivity contribution in [2.45, 2.75) is 38.8 Å². The fourth-order valence-corrected chi connectivity index (χ4v) is 2.79. The first-order valence-corrected chi connectivity index (χ1v) is 8.10. The largest absolute Gasteiger partial charge is 0.444 e. The molecule has 1 fully saturated rings. The quantitative estimate of drug-likeness (QED) is 0.651. The predicted molar refractivity (Wildman–Crippen MR) is 92.7 cm³/mol. The van der Waals surface area contributed by atoms with Gasteiger partial charge in [-0.1, -0.05) is 0 Å². The molecule has 0 radical (unpaired) electrons. The summed E-state index contributed by atoms with van der Waals surface area (Å²) in [6.45, 7) is 6.78. The number of ether oxygens (including phenoxy) is 1. The number of hydrogen-bond acceptors (Lipinski definition) is 6. The van der Waals surface area contributed by atoms with Crippen LogP contribution in [0.1, 0.15) is 27.2 Å². The average molecular weight is 347 g/mol. The van der Waals surface area contributed by atoms with Gasteiger partial charge in [0.25, 0.3) is 5.69 Å². The van der Waals surface area contributed by atoms with Gasteiger partial charge in [-0.3, -0.25) is 10.1 Å². The van der Waals surface area contributed by atoms with Crippen molar-refractivity contribution in [1.82, 2.24) is 15.3 Å². The minimum absolute atomic E-state index is 0.0218. The number of H-pyrrole nitrogens is 1. The van der Waals surface area contributed by atoms with E-state index in [-0.39, 0.29) is 11.7 Å². The Labute approximate surface area is 144 Å². The minimum Gasteiger partial charge on any atom is -0.444 e. The maximum Gasteiger partial charge on any atom is 0.407 e. The molecular weight excluding hydrogens is 326 g/mol. The van der Waals surface area contributed by atoms with Gasteiger partial charge in [0.05, 0.1) is 22.0 Å². The van der Waals surface area contributed by atoms with Crippen molar-refractivity contribution in [2.75, 3.05) is 18.0 Å². The van der Waals surface area contributed by atoms with Crippen LogP contribution in [-0.2, 0) is 4.74 Å². The molecule has 1 aliphatic heterocycles. The zero-order valence-electron chi connectivity index (χ0n) is 14.4. The van der Waals surface area contributed by atoms with Gasteiger partial charge in [-0.2, -0.15) is 0 Å². The highest BCUT2D eigenvalue weighted by molar-refractivity contribution is 5.80. The van der Waals surface area contributed by atoms with Crippen molar-refractivity contribution in [3.8, 4) is 0 Å². The lowest BCUT2D eigenvalue weighted by molar-refractivity contribution is -0.384. The van der Waals surface area contributed by atoms with Crippen LogP contribution in [-0.4, -0.2) is 45.7 Å². The Bertz CT molecular complexity index is 810. The number of hydrogen-bond donors (Lipinski definition) is 2. The van der Waals surface area contributed by atoms with E-state index in [0.717, 1.165) is 13.0 Å². The van der Waals surface area contributed by atoms with Crippen LogP contribution in [0.5, 0.6) is 0 Å². The van der Waals surface area contributed by atoms with Crippen molar-refractivity contribution < 1.29 is 14.5 Å². The lowest BCUT2D eigenvalue weighted by atomic mass is 10.2. The second-order valence-corrected chi connectivity index (χ2v) is 7.10. The van der Waals surface area contributed by atoms with Crippen LogP contribution in [0.25, 0.3) is 11.0 Å². The second kappa shape index (κ2) is 6.23. The molecule has 1 aromatic heterocycles. The Balaban J connectivity index is 1.66. The summed E-state index contributed by atoms with van der Waals surface area (Å²) in [7, 11) is 0. The molecular formula is C16H21N5O4. The number of fused-ring (bicyclic) bond motifs is 1. The third-order valence-electron chi connectivity index (χ3n) is 3.87. The number of aromatic amines is 1. The summed E-state index contributed by atoms with van der Waals surface area (Å²) < 4.78 is 5.27. The van der Waals surface area contributed by atoms with Crippen molar-refractivity contribution in [3.05, 3.63) is 28.3 Å². The highest BCUT2D eigenvalue weighted by Crippen LogP contribution is 2.24. The number of nitro benzene ring substituents is 1. The molecule has 9 nitrogen and oxygen atoms in total. The van der Waals surface area contributed by atoms with E-state index in [1.807, 2.05) is 25.7 Å². The number of non-ortho nitro benzene ring substituents is 1. The lowest BCUT2D eigenvalue weighted by Gasteiger charge is -2.22. The lowest BCUT2D eigenvalue weighted by Crippen LogP contribution is -2.40. The molecule has 25 heavy (non-hydrogen) atoms. The molecule has 1 aliphatic rings. The molecule has 0 spiro atoms. The fourth-order valence-electron chi connectivity index (χ4n) is 2.79. The van der Waals surface area contributed by atoms with Crippen LogP contribution in [0.2, 0.25) is 0 Å². The van der Waals surface area contributed by atoms with Crippen LogP contribution < -0.4 is 10.2 Å². The average Bonchev–Trinajstić information content (AvgIpc) is 3.10. The minimum atomic E-state index is -0.532. The number of nitro groups is 1. The highest BCUT2D eigenvalue weighted by Gasteiger charge is 2.27. The Morgan fingerprint density at radius 1 is 1.48 bits per heavy atom. The number of anilines is 1. The number of aromatic nitrogens is 2. The third-order valence-corrected chi connectivity index (χ3v) is 3.87. The zero-order valence-corrected chi connectivity index (χ0v) is 14.4. The molecule has 2 aromatic rings. The normalized spacial score (nSPS) is 17.7. The first-order valence-electron chi connectivity index (χ1n) is 8.10. The maximum atomic E-state index is 11.9. The van der Waals surface area contributed by atoms with E-state index in [0.29, 0.717) is 23.5 Å². The molecule has 1 amide bonds. The Hall–Kier alpha value is -2.84. The van der Waals surface area contributed by atoms with E-state index >= 15 is 0 Å². The van der Waals surface area contributed by atoms with Crippen molar-refractivity contribution in [3.63, 3.8) is 0 Å². The Kier molecular flexibility index (Phi) is 4.23. The summed E-state index contributed by atoms with van der Waals surface area (Å²) in [5, 5.41) is 13.7. The Morgan fingerprint density at radius 3 is 2.92 bits per heavy atom. The molecule has 0 bridgehead atoms.